The Hall–Kier alpha value is 0. The van der Waals surface area contributed by atoms with Gasteiger partial charge in [0.15, 0.2) is 0 Å². The average molecular weight is 224 g/mol. The van der Waals surface area contributed by atoms with E-state index >= 15 is 0 Å². The summed E-state index contributed by atoms with van der Waals surface area (Å²) in [6, 6.07) is 0. The van der Waals surface area contributed by atoms with E-state index in [4.69, 9.17) is 0 Å². The summed E-state index contributed by atoms with van der Waals surface area (Å²) >= 11 is 0. The summed E-state index contributed by atoms with van der Waals surface area (Å²) in [5.74, 6) is 1.95. The Labute approximate surface area is 103 Å². The van der Waals surface area contributed by atoms with Crippen LogP contribution in [0.3, 0.4) is 0 Å². The maximum absolute atomic E-state index is 2.48. The molecule has 0 aromatic rings. The van der Waals surface area contributed by atoms with E-state index in [1.54, 1.807) is 0 Å². The summed E-state index contributed by atoms with van der Waals surface area (Å²) in [6.45, 7) is 14.4. The third-order valence-corrected chi connectivity index (χ3v) is 4.54. The highest BCUT2D eigenvalue weighted by Crippen LogP contribution is 2.42. The molecule has 1 unspecified atom stereocenters. The molecule has 1 rings (SSSR count). The van der Waals surface area contributed by atoms with Crippen LogP contribution in [-0.2, 0) is 0 Å². The molecule has 0 N–H and O–H groups in total. The van der Waals surface area contributed by atoms with Gasteiger partial charge < -0.3 is 0 Å². The molecular formula is C16H32. The molecule has 0 aliphatic heterocycles. The van der Waals surface area contributed by atoms with Crippen LogP contribution in [0.25, 0.3) is 0 Å². The molecule has 96 valence electrons. The molecule has 0 saturated heterocycles. The van der Waals surface area contributed by atoms with Crippen molar-refractivity contribution in [2.24, 2.45) is 22.7 Å². The minimum atomic E-state index is 0.516. The molecule has 1 atom stereocenters. The fraction of sp³-hybridized carbons (Fsp3) is 1.00. The van der Waals surface area contributed by atoms with E-state index in [0.717, 1.165) is 11.8 Å². The first-order valence-corrected chi connectivity index (χ1v) is 7.20. The molecule has 0 aromatic carbocycles. The van der Waals surface area contributed by atoms with Crippen LogP contribution in [0.1, 0.15) is 80.1 Å². The molecule has 1 fully saturated rings. The molecule has 0 spiro atoms. The summed E-state index contributed by atoms with van der Waals surface area (Å²) in [4.78, 5) is 0. The number of rotatable bonds is 3. The lowest BCUT2D eigenvalue weighted by molar-refractivity contribution is 0.143. The summed E-state index contributed by atoms with van der Waals surface area (Å²) < 4.78 is 0. The molecule has 1 aliphatic carbocycles. The Morgan fingerprint density at radius 1 is 1.12 bits per heavy atom. The van der Waals surface area contributed by atoms with Crippen LogP contribution in [-0.4, -0.2) is 0 Å². The predicted molar refractivity (Wildman–Crippen MR) is 73.6 cm³/mol. The number of hydrogen-bond acceptors (Lipinski definition) is 0. The topological polar surface area (TPSA) is 0 Å². The van der Waals surface area contributed by atoms with E-state index < -0.39 is 0 Å². The van der Waals surface area contributed by atoms with Crippen LogP contribution in [0.2, 0.25) is 0 Å². The minimum Gasteiger partial charge on any atom is -0.0622 e. The van der Waals surface area contributed by atoms with Crippen LogP contribution in [0.5, 0.6) is 0 Å². The predicted octanol–water partition coefficient (Wildman–Crippen LogP) is 5.67. The van der Waals surface area contributed by atoms with Gasteiger partial charge >= 0.3 is 0 Å². The largest absolute Gasteiger partial charge is 0.0622 e. The molecule has 0 nitrogen and oxygen atoms in total. The summed E-state index contributed by atoms with van der Waals surface area (Å²) in [5.41, 5.74) is 1.14. The van der Waals surface area contributed by atoms with Crippen LogP contribution >= 0.6 is 0 Å². The monoisotopic (exact) mass is 224 g/mol. The third kappa shape index (κ3) is 4.89. The summed E-state index contributed by atoms with van der Waals surface area (Å²) in [6.07, 6.45) is 8.63. The zero-order chi connectivity index (χ0) is 12.4. The Morgan fingerprint density at radius 3 is 2.06 bits per heavy atom. The standard InChI is InChI=1S/C16H32/c1-13(7-10-15(2,3)4)14-8-11-16(5,6)12-9-14/h13-14H,7-12H2,1-6H3. The second-order valence-corrected chi connectivity index (χ2v) is 8.08. The molecule has 16 heavy (non-hydrogen) atoms. The molecule has 0 radical (unpaired) electrons. The lowest BCUT2D eigenvalue weighted by atomic mass is 9.68. The summed E-state index contributed by atoms with van der Waals surface area (Å²) in [5, 5.41) is 0. The Morgan fingerprint density at radius 2 is 1.62 bits per heavy atom. The number of hydrogen-bond donors (Lipinski definition) is 0. The molecule has 0 heteroatoms. The molecule has 0 bridgehead atoms. The van der Waals surface area contributed by atoms with Crippen molar-refractivity contribution < 1.29 is 0 Å². The van der Waals surface area contributed by atoms with Crippen molar-refractivity contribution in [2.75, 3.05) is 0 Å². The van der Waals surface area contributed by atoms with Crippen molar-refractivity contribution >= 4 is 0 Å². The van der Waals surface area contributed by atoms with E-state index in [0.29, 0.717) is 10.8 Å². The third-order valence-electron chi connectivity index (χ3n) is 4.54. The van der Waals surface area contributed by atoms with Gasteiger partial charge in [0.2, 0.25) is 0 Å². The van der Waals surface area contributed by atoms with Gasteiger partial charge in [-0.05, 0) is 61.2 Å². The van der Waals surface area contributed by atoms with Gasteiger partial charge in [0.25, 0.3) is 0 Å². The first-order chi connectivity index (χ1) is 7.20. The van der Waals surface area contributed by atoms with Gasteiger partial charge in [-0.2, -0.15) is 0 Å². The molecule has 0 heterocycles. The van der Waals surface area contributed by atoms with Crippen LogP contribution in [0, 0.1) is 22.7 Å². The zero-order valence-corrected chi connectivity index (χ0v) is 12.4. The molecular weight excluding hydrogens is 192 g/mol. The highest BCUT2D eigenvalue weighted by Gasteiger charge is 2.29. The van der Waals surface area contributed by atoms with Gasteiger partial charge in [-0.15, -0.1) is 0 Å². The van der Waals surface area contributed by atoms with E-state index in [2.05, 4.69) is 41.5 Å². The molecule has 0 aromatic heterocycles. The normalized spacial score (nSPS) is 24.4. The van der Waals surface area contributed by atoms with E-state index in [-0.39, 0.29) is 0 Å². The van der Waals surface area contributed by atoms with Crippen LogP contribution in [0.4, 0.5) is 0 Å². The van der Waals surface area contributed by atoms with Crippen molar-refractivity contribution in [3.63, 3.8) is 0 Å². The minimum absolute atomic E-state index is 0.516. The summed E-state index contributed by atoms with van der Waals surface area (Å²) in [7, 11) is 0. The molecule has 1 saturated carbocycles. The van der Waals surface area contributed by atoms with Crippen molar-refractivity contribution in [2.45, 2.75) is 80.1 Å². The smallest absolute Gasteiger partial charge is 0.0354 e. The quantitative estimate of drug-likeness (QED) is 0.580. The maximum Gasteiger partial charge on any atom is -0.0354 e. The van der Waals surface area contributed by atoms with Crippen molar-refractivity contribution in [1.29, 1.82) is 0 Å². The van der Waals surface area contributed by atoms with Crippen LogP contribution < -0.4 is 0 Å². The fourth-order valence-corrected chi connectivity index (χ4v) is 2.89. The van der Waals surface area contributed by atoms with Gasteiger partial charge in [-0.3, -0.25) is 0 Å². The van der Waals surface area contributed by atoms with Gasteiger partial charge in [0.1, 0.15) is 0 Å². The Kier molecular flexibility index (Phi) is 4.49. The average Bonchev–Trinajstić information content (AvgIpc) is 2.13. The second kappa shape index (κ2) is 5.10. The lowest BCUT2D eigenvalue weighted by Crippen LogP contribution is -2.25. The SMILES string of the molecule is CC(CCC(C)(C)C)C1CCC(C)(C)CC1. The van der Waals surface area contributed by atoms with Crippen LogP contribution in [0.15, 0.2) is 0 Å². The maximum atomic E-state index is 2.48. The Bertz CT molecular complexity index is 197. The van der Waals surface area contributed by atoms with Crippen molar-refractivity contribution in [1.82, 2.24) is 0 Å². The Balaban J connectivity index is 2.31. The molecule has 1 aliphatic rings. The highest BCUT2D eigenvalue weighted by atomic mass is 14.3. The van der Waals surface area contributed by atoms with Crippen molar-refractivity contribution in [3.8, 4) is 0 Å². The van der Waals surface area contributed by atoms with E-state index in [1.807, 2.05) is 0 Å². The van der Waals surface area contributed by atoms with Gasteiger partial charge in [0.05, 0.1) is 0 Å². The zero-order valence-electron chi connectivity index (χ0n) is 12.4. The van der Waals surface area contributed by atoms with E-state index in [9.17, 15) is 0 Å². The first kappa shape index (κ1) is 14.1. The fourth-order valence-electron chi connectivity index (χ4n) is 2.89. The van der Waals surface area contributed by atoms with Crippen molar-refractivity contribution in [3.05, 3.63) is 0 Å². The van der Waals surface area contributed by atoms with Gasteiger partial charge in [0, 0.05) is 0 Å². The van der Waals surface area contributed by atoms with Gasteiger partial charge in [-0.25, -0.2) is 0 Å². The molecule has 0 amide bonds. The second-order valence-electron chi connectivity index (χ2n) is 8.08. The lowest BCUT2D eigenvalue weighted by Gasteiger charge is -2.37. The highest BCUT2D eigenvalue weighted by molar-refractivity contribution is 4.81. The van der Waals surface area contributed by atoms with Gasteiger partial charge in [-0.1, -0.05) is 41.5 Å². The van der Waals surface area contributed by atoms with E-state index in [1.165, 1.54) is 38.5 Å². The first-order valence-electron chi connectivity index (χ1n) is 7.20.